The lowest BCUT2D eigenvalue weighted by atomic mass is 9.90. The molecule has 1 aromatic rings. The van der Waals surface area contributed by atoms with Gasteiger partial charge in [-0.2, -0.15) is 5.26 Å². The van der Waals surface area contributed by atoms with Gasteiger partial charge in [0, 0.05) is 30.4 Å². The quantitative estimate of drug-likeness (QED) is 0.678. The van der Waals surface area contributed by atoms with Crippen molar-refractivity contribution < 1.29 is 4.92 Å². The number of nitrogens with two attached hydrogens (primary N) is 1. The molecule has 1 fully saturated rings. The van der Waals surface area contributed by atoms with Crippen LogP contribution in [-0.4, -0.2) is 23.6 Å². The first-order valence-electron chi connectivity index (χ1n) is 7.27. The maximum atomic E-state index is 10.9. The van der Waals surface area contributed by atoms with Gasteiger partial charge >= 0.3 is 0 Å². The predicted molar refractivity (Wildman–Crippen MR) is 81.1 cm³/mol. The van der Waals surface area contributed by atoms with Crippen LogP contribution < -0.4 is 10.6 Å². The average molecular weight is 288 g/mol. The van der Waals surface area contributed by atoms with Gasteiger partial charge in [-0.3, -0.25) is 10.1 Å². The molecule has 2 rings (SSSR count). The molecule has 0 radical (unpaired) electrons. The Morgan fingerprint density at radius 2 is 2.10 bits per heavy atom. The van der Waals surface area contributed by atoms with Crippen LogP contribution in [0.3, 0.4) is 0 Å². The van der Waals surface area contributed by atoms with Crippen molar-refractivity contribution in [1.29, 1.82) is 5.26 Å². The Morgan fingerprint density at radius 3 is 2.62 bits per heavy atom. The summed E-state index contributed by atoms with van der Waals surface area (Å²) in [6.45, 7) is 2.87. The lowest BCUT2D eigenvalue weighted by Gasteiger charge is -2.37. The van der Waals surface area contributed by atoms with Crippen LogP contribution in [0, 0.1) is 21.4 Å². The second-order valence-corrected chi connectivity index (χ2v) is 5.42. The van der Waals surface area contributed by atoms with E-state index in [0.29, 0.717) is 6.04 Å². The topological polar surface area (TPSA) is 96.2 Å². The molecule has 1 aliphatic rings. The summed E-state index contributed by atoms with van der Waals surface area (Å²) in [4.78, 5) is 12.6. The molecule has 0 atom stereocenters. The normalized spacial score (nSPS) is 21.6. The summed E-state index contributed by atoms with van der Waals surface area (Å²) in [5.41, 5.74) is 6.79. The smallest absolute Gasteiger partial charge is 0.287 e. The molecule has 0 saturated heterocycles. The summed E-state index contributed by atoms with van der Waals surface area (Å²) in [5, 5.41) is 20.0. The Hall–Kier alpha value is -2.13. The zero-order valence-corrected chi connectivity index (χ0v) is 12.2. The van der Waals surface area contributed by atoms with Gasteiger partial charge in [-0.15, -0.1) is 0 Å². The number of hydrogen-bond acceptors (Lipinski definition) is 5. The van der Waals surface area contributed by atoms with Crippen molar-refractivity contribution in [3.05, 3.63) is 33.9 Å². The van der Waals surface area contributed by atoms with E-state index in [1.807, 2.05) is 6.07 Å². The zero-order valence-electron chi connectivity index (χ0n) is 12.2. The lowest BCUT2D eigenvalue weighted by molar-refractivity contribution is -0.385. The van der Waals surface area contributed by atoms with Crippen LogP contribution in [0.2, 0.25) is 0 Å². The number of nitro benzene ring substituents is 1. The standard InChI is InChI=1S/C15H20N4O2/c1-2-18(13-5-3-12(17)4-6-13)14-7-8-15(19(20)21)11(9-14)10-16/h7-9,12-13H,2-6,17H2,1H3. The molecule has 1 aromatic carbocycles. The van der Waals surface area contributed by atoms with Crippen LogP contribution in [0.1, 0.15) is 38.2 Å². The van der Waals surface area contributed by atoms with Crippen molar-refractivity contribution in [3.8, 4) is 6.07 Å². The molecule has 0 heterocycles. The molecule has 6 heteroatoms. The first-order chi connectivity index (χ1) is 10.1. The van der Waals surface area contributed by atoms with Crippen LogP contribution in [0.4, 0.5) is 11.4 Å². The Kier molecular flexibility index (Phi) is 4.76. The van der Waals surface area contributed by atoms with E-state index in [0.717, 1.165) is 37.9 Å². The fourth-order valence-electron chi connectivity index (χ4n) is 3.02. The van der Waals surface area contributed by atoms with Gasteiger partial charge in [-0.05, 0) is 44.7 Å². The van der Waals surface area contributed by atoms with Crippen LogP contribution in [-0.2, 0) is 0 Å². The van der Waals surface area contributed by atoms with Gasteiger partial charge in [0.25, 0.3) is 5.69 Å². The Bertz CT molecular complexity index is 559. The molecule has 112 valence electrons. The predicted octanol–water partition coefficient (Wildman–Crippen LogP) is 2.56. The fourth-order valence-corrected chi connectivity index (χ4v) is 3.02. The number of nitriles is 1. The average Bonchev–Trinajstić information content (AvgIpc) is 2.49. The van der Waals surface area contributed by atoms with E-state index in [1.54, 1.807) is 12.1 Å². The Balaban J connectivity index is 2.26. The Labute approximate surface area is 124 Å². The number of nitrogens with zero attached hydrogens (tertiary/aromatic N) is 3. The van der Waals surface area contributed by atoms with Crippen molar-refractivity contribution in [2.24, 2.45) is 5.73 Å². The third-order valence-corrected chi connectivity index (χ3v) is 4.15. The highest BCUT2D eigenvalue weighted by atomic mass is 16.6. The minimum absolute atomic E-state index is 0.114. The van der Waals surface area contributed by atoms with Crippen molar-refractivity contribution in [2.45, 2.75) is 44.7 Å². The van der Waals surface area contributed by atoms with E-state index in [-0.39, 0.29) is 17.3 Å². The number of rotatable bonds is 4. The maximum Gasteiger partial charge on any atom is 0.287 e. The van der Waals surface area contributed by atoms with Crippen molar-refractivity contribution in [3.63, 3.8) is 0 Å². The molecule has 0 bridgehead atoms. The molecule has 6 nitrogen and oxygen atoms in total. The highest BCUT2D eigenvalue weighted by Crippen LogP contribution is 2.30. The maximum absolute atomic E-state index is 10.9. The molecule has 0 aromatic heterocycles. The second-order valence-electron chi connectivity index (χ2n) is 5.42. The van der Waals surface area contributed by atoms with Crippen molar-refractivity contribution in [1.82, 2.24) is 0 Å². The Morgan fingerprint density at radius 1 is 1.43 bits per heavy atom. The molecule has 0 amide bonds. The number of anilines is 1. The van der Waals surface area contributed by atoms with E-state index in [1.165, 1.54) is 6.07 Å². The van der Waals surface area contributed by atoms with E-state index < -0.39 is 4.92 Å². The summed E-state index contributed by atoms with van der Waals surface area (Å²) in [7, 11) is 0. The van der Waals surface area contributed by atoms with E-state index in [9.17, 15) is 10.1 Å². The third kappa shape index (κ3) is 3.31. The molecular weight excluding hydrogens is 268 g/mol. The number of hydrogen-bond donors (Lipinski definition) is 1. The van der Waals surface area contributed by atoms with Gasteiger partial charge in [0.2, 0.25) is 0 Å². The second kappa shape index (κ2) is 6.55. The summed E-state index contributed by atoms with van der Waals surface area (Å²) >= 11 is 0. The van der Waals surface area contributed by atoms with E-state index in [4.69, 9.17) is 11.0 Å². The number of benzene rings is 1. The summed E-state index contributed by atoms with van der Waals surface area (Å²) in [6.07, 6.45) is 4.04. The SMILES string of the molecule is CCN(c1ccc([N+](=O)[O-])c(C#N)c1)C1CCC(N)CC1. The van der Waals surface area contributed by atoms with Gasteiger partial charge in [0.15, 0.2) is 0 Å². The van der Waals surface area contributed by atoms with E-state index in [2.05, 4.69) is 11.8 Å². The monoisotopic (exact) mass is 288 g/mol. The summed E-state index contributed by atoms with van der Waals surface area (Å²) < 4.78 is 0. The molecule has 1 saturated carbocycles. The molecule has 0 aliphatic heterocycles. The highest BCUT2D eigenvalue weighted by molar-refractivity contribution is 5.60. The molecule has 0 unspecified atom stereocenters. The van der Waals surface area contributed by atoms with Gasteiger partial charge in [0.1, 0.15) is 11.6 Å². The van der Waals surface area contributed by atoms with Gasteiger partial charge in [-0.1, -0.05) is 0 Å². The summed E-state index contributed by atoms with van der Waals surface area (Å²) in [5.74, 6) is 0. The third-order valence-electron chi connectivity index (χ3n) is 4.15. The highest BCUT2D eigenvalue weighted by Gasteiger charge is 2.25. The number of nitro groups is 1. The van der Waals surface area contributed by atoms with Gasteiger partial charge in [-0.25, -0.2) is 0 Å². The minimum atomic E-state index is -0.516. The van der Waals surface area contributed by atoms with Gasteiger partial charge in [0.05, 0.1) is 4.92 Å². The lowest BCUT2D eigenvalue weighted by Crippen LogP contribution is -2.41. The van der Waals surface area contributed by atoms with Gasteiger partial charge < -0.3 is 10.6 Å². The summed E-state index contributed by atoms with van der Waals surface area (Å²) in [6, 6.07) is 7.37. The van der Waals surface area contributed by atoms with Crippen LogP contribution in [0.5, 0.6) is 0 Å². The van der Waals surface area contributed by atoms with Crippen LogP contribution >= 0.6 is 0 Å². The van der Waals surface area contributed by atoms with Crippen molar-refractivity contribution >= 4 is 11.4 Å². The first kappa shape index (κ1) is 15.3. The largest absolute Gasteiger partial charge is 0.369 e. The molecule has 1 aliphatic carbocycles. The molecule has 21 heavy (non-hydrogen) atoms. The molecular formula is C15H20N4O2. The van der Waals surface area contributed by atoms with Crippen molar-refractivity contribution in [2.75, 3.05) is 11.4 Å². The minimum Gasteiger partial charge on any atom is -0.369 e. The van der Waals surface area contributed by atoms with Crippen LogP contribution in [0.25, 0.3) is 0 Å². The first-order valence-corrected chi connectivity index (χ1v) is 7.27. The fraction of sp³-hybridized carbons (Fsp3) is 0.533. The van der Waals surface area contributed by atoms with Crippen LogP contribution in [0.15, 0.2) is 18.2 Å². The molecule has 0 spiro atoms. The van der Waals surface area contributed by atoms with E-state index >= 15 is 0 Å². The molecule has 2 N–H and O–H groups in total. The zero-order chi connectivity index (χ0) is 15.4.